The predicted molar refractivity (Wildman–Crippen MR) is 86.1 cm³/mol. The summed E-state index contributed by atoms with van der Waals surface area (Å²) in [5, 5.41) is 3.24. The second kappa shape index (κ2) is 7.11. The van der Waals surface area contributed by atoms with E-state index in [-0.39, 0.29) is 18.1 Å². The lowest BCUT2D eigenvalue weighted by atomic mass is 10.0. The van der Waals surface area contributed by atoms with Gasteiger partial charge in [-0.2, -0.15) is 0 Å². The van der Waals surface area contributed by atoms with Crippen molar-refractivity contribution < 1.29 is 14.3 Å². The Bertz CT molecular complexity index is 522. The summed E-state index contributed by atoms with van der Waals surface area (Å²) in [6.45, 7) is 7.94. The van der Waals surface area contributed by atoms with Gasteiger partial charge in [-0.05, 0) is 37.5 Å². The zero-order chi connectivity index (χ0) is 16.3. The molecule has 0 radical (unpaired) electrons. The average Bonchev–Trinajstić information content (AvgIpc) is 2.46. The maximum atomic E-state index is 12.6. The topological polar surface area (TPSA) is 50.8 Å². The number of ether oxygens (including phenoxy) is 2. The van der Waals surface area contributed by atoms with Gasteiger partial charge in [-0.25, -0.2) is 0 Å². The molecule has 1 amide bonds. The van der Waals surface area contributed by atoms with Crippen molar-refractivity contribution in [1.82, 2.24) is 10.2 Å². The molecule has 0 unspecified atom stereocenters. The summed E-state index contributed by atoms with van der Waals surface area (Å²) in [6, 6.07) is 3.88. The number of likely N-dealkylation sites (N-methyl/N-ethyl adjacent to an activating group) is 1. The van der Waals surface area contributed by atoms with E-state index in [1.807, 2.05) is 27.8 Å². The van der Waals surface area contributed by atoms with Crippen LogP contribution in [0.4, 0.5) is 0 Å². The minimum atomic E-state index is -0.265. The number of amides is 1. The van der Waals surface area contributed by atoms with Crippen LogP contribution in [0.3, 0.4) is 0 Å². The van der Waals surface area contributed by atoms with Gasteiger partial charge < -0.3 is 19.7 Å². The Hall–Kier alpha value is -1.59. The Balaban J connectivity index is 2.08. The molecule has 0 bridgehead atoms. The first-order chi connectivity index (χ1) is 10.4. The Morgan fingerprint density at radius 1 is 1.41 bits per heavy atom. The summed E-state index contributed by atoms with van der Waals surface area (Å²) in [6.07, 6.45) is -0.0944. The molecule has 1 saturated heterocycles. The second-order valence-electron chi connectivity index (χ2n) is 5.96. The van der Waals surface area contributed by atoms with E-state index < -0.39 is 0 Å². The quantitative estimate of drug-likeness (QED) is 0.919. The van der Waals surface area contributed by atoms with Crippen molar-refractivity contribution in [2.45, 2.75) is 39.5 Å². The molecule has 1 aromatic rings. The van der Waals surface area contributed by atoms with E-state index in [4.69, 9.17) is 9.47 Å². The van der Waals surface area contributed by atoms with Crippen molar-refractivity contribution in [2.75, 3.05) is 27.3 Å². The number of rotatable bonds is 4. The Kier molecular flexibility index (Phi) is 5.42. The highest BCUT2D eigenvalue weighted by atomic mass is 16.5. The normalized spacial score (nSPS) is 21.5. The molecule has 1 aromatic carbocycles. The lowest BCUT2D eigenvalue weighted by Crippen LogP contribution is -2.55. The molecule has 2 rings (SSSR count). The van der Waals surface area contributed by atoms with Crippen LogP contribution in [0.5, 0.6) is 5.75 Å². The minimum Gasteiger partial charge on any atom is -0.496 e. The number of nitrogens with one attached hydrogen (secondary N) is 1. The van der Waals surface area contributed by atoms with Crippen LogP contribution in [0.15, 0.2) is 12.1 Å². The van der Waals surface area contributed by atoms with Crippen molar-refractivity contribution in [2.24, 2.45) is 0 Å². The van der Waals surface area contributed by atoms with Crippen LogP contribution in [0.2, 0.25) is 0 Å². The molecule has 2 atom stereocenters. The number of morpholine rings is 1. The maximum absolute atomic E-state index is 12.6. The number of methoxy groups -OCH3 is 1. The highest BCUT2D eigenvalue weighted by molar-refractivity contribution is 5.82. The fourth-order valence-electron chi connectivity index (χ4n) is 3.05. The molecule has 5 heteroatoms. The summed E-state index contributed by atoms with van der Waals surface area (Å²) in [7, 11) is 3.51. The molecule has 0 saturated carbocycles. The van der Waals surface area contributed by atoms with Gasteiger partial charge in [-0.1, -0.05) is 12.1 Å². The number of hydrogen-bond donors (Lipinski definition) is 1. The summed E-state index contributed by atoms with van der Waals surface area (Å²) >= 11 is 0. The van der Waals surface area contributed by atoms with Gasteiger partial charge in [0.2, 0.25) is 5.91 Å². The van der Waals surface area contributed by atoms with E-state index in [0.29, 0.717) is 13.2 Å². The number of hydrogen-bond acceptors (Lipinski definition) is 4. The Labute approximate surface area is 132 Å². The molecule has 1 heterocycles. The summed E-state index contributed by atoms with van der Waals surface area (Å²) in [5.74, 6) is 0.979. The fraction of sp³-hybridized carbons (Fsp3) is 0.588. The molecule has 0 aliphatic carbocycles. The summed E-state index contributed by atoms with van der Waals surface area (Å²) < 4.78 is 10.9. The molecule has 1 N–H and O–H groups in total. The van der Waals surface area contributed by atoms with E-state index in [1.165, 1.54) is 0 Å². The smallest absolute Gasteiger partial charge is 0.242 e. The number of carbonyl (C=O) groups is 1. The van der Waals surface area contributed by atoms with Gasteiger partial charge in [0.05, 0.1) is 19.8 Å². The van der Waals surface area contributed by atoms with Gasteiger partial charge in [0.15, 0.2) is 0 Å². The highest BCUT2D eigenvalue weighted by Gasteiger charge is 2.30. The highest BCUT2D eigenvalue weighted by Crippen LogP contribution is 2.25. The van der Waals surface area contributed by atoms with Gasteiger partial charge in [0.25, 0.3) is 0 Å². The molecule has 0 spiro atoms. The van der Waals surface area contributed by atoms with E-state index in [9.17, 15) is 4.79 Å². The first kappa shape index (κ1) is 16.8. The third-order valence-electron chi connectivity index (χ3n) is 4.10. The second-order valence-corrected chi connectivity index (χ2v) is 5.96. The number of nitrogens with zero attached hydrogens (tertiary/aromatic N) is 1. The third-order valence-corrected chi connectivity index (χ3v) is 4.10. The largest absolute Gasteiger partial charge is 0.496 e. The van der Waals surface area contributed by atoms with Crippen LogP contribution >= 0.6 is 0 Å². The summed E-state index contributed by atoms with van der Waals surface area (Å²) in [5.41, 5.74) is 3.28. The average molecular weight is 306 g/mol. The van der Waals surface area contributed by atoms with Crippen molar-refractivity contribution in [1.29, 1.82) is 0 Å². The zero-order valence-corrected chi connectivity index (χ0v) is 14.1. The molecule has 22 heavy (non-hydrogen) atoms. The van der Waals surface area contributed by atoms with Crippen molar-refractivity contribution in [3.63, 3.8) is 0 Å². The van der Waals surface area contributed by atoms with Crippen LogP contribution in [-0.2, 0) is 16.1 Å². The molecule has 5 nitrogen and oxygen atoms in total. The number of aryl methyl sites for hydroxylation is 2. The standard InChI is InChI=1S/C17H26N2O3/c1-11-8-14(9-12(2)16(11)21-5)10-19(4)17(20)15-13(3)22-7-6-18-15/h8-9,13,15,18H,6-7,10H2,1-5H3/t13-,15+/m1/s1. The minimum absolute atomic E-state index is 0.0679. The van der Waals surface area contributed by atoms with E-state index in [0.717, 1.165) is 29.0 Å². The lowest BCUT2D eigenvalue weighted by molar-refractivity contribution is -0.138. The first-order valence-corrected chi connectivity index (χ1v) is 7.68. The van der Waals surface area contributed by atoms with Gasteiger partial charge in [-0.15, -0.1) is 0 Å². The molecular formula is C17H26N2O3. The third kappa shape index (κ3) is 3.59. The van der Waals surface area contributed by atoms with Gasteiger partial charge in [0.1, 0.15) is 11.8 Å². The number of benzene rings is 1. The van der Waals surface area contributed by atoms with Crippen LogP contribution in [-0.4, -0.2) is 50.3 Å². The van der Waals surface area contributed by atoms with E-state index in [2.05, 4.69) is 17.4 Å². The molecule has 1 fully saturated rings. The fourth-order valence-corrected chi connectivity index (χ4v) is 3.05. The van der Waals surface area contributed by atoms with Crippen LogP contribution in [0.1, 0.15) is 23.6 Å². The molecule has 122 valence electrons. The van der Waals surface area contributed by atoms with Crippen molar-refractivity contribution >= 4 is 5.91 Å². The maximum Gasteiger partial charge on any atom is 0.242 e. The first-order valence-electron chi connectivity index (χ1n) is 7.68. The molecule has 1 aliphatic heterocycles. The monoisotopic (exact) mass is 306 g/mol. The van der Waals surface area contributed by atoms with E-state index in [1.54, 1.807) is 12.0 Å². The van der Waals surface area contributed by atoms with Crippen molar-refractivity contribution in [3.8, 4) is 5.75 Å². The van der Waals surface area contributed by atoms with E-state index >= 15 is 0 Å². The molecule has 1 aliphatic rings. The predicted octanol–water partition coefficient (Wildman–Crippen LogP) is 1.65. The van der Waals surface area contributed by atoms with Crippen LogP contribution < -0.4 is 10.1 Å². The number of carbonyl (C=O) groups excluding carboxylic acids is 1. The lowest BCUT2D eigenvalue weighted by Gasteiger charge is -2.32. The Morgan fingerprint density at radius 3 is 2.59 bits per heavy atom. The Morgan fingerprint density at radius 2 is 2.05 bits per heavy atom. The zero-order valence-electron chi connectivity index (χ0n) is 14.1. The van der Waals surface area contributed by atoms with Gasteiger partial charge >= 0.3 is 0 Å². The van der Waals surface area contributed by atoms with Gasteiger partial charge in [0, 0.05) is 20.1 Å². The van der Waals surface area contributed by atoms with Crippen molar-refractivity contribution in [3.05, 3.63) is 28.8 Å². The summed E-state index contributed by atoms with van der Waals surface area (Å²) in [4.78, 5) is 14.3. The SMILES string of the molecule is COc1c(C)cc(CN(C)C(=O)[C@H]2NCCO[C@@H]2C)cc1C. The van der Waals surface area contributed by atoms with Crippen LogP contribution in [0.25, 0.3) is 0 Å². The van der Waals surface area contributed by atoms with Gasteiger partial charge in [-0.3, -0.25) is 4.79 Å². The molecular weight excluding hydrogens is 280 g/mol. The molecule has 0 aromatic heterocycles. The van der Waals surface area contributed by atoms with Crippen LogP contribution in [0, 0.1) is 13.8 Å².